The van der Waals surface area contributed by atoms with E-state index in [0.717, 1.165) is 19.3 Å². The van der Waals surface area contributed by atoms with Crippen molar-refractivity contribution in [2.24, 2.45) is 11.3 Å². The van der Waals surface area contributed by atoms with Crippen LogP contribution in [0.5, 0.6) is 0 Å². The van der Waals surface area contributed by atoms with Crippen molar-refractivity contribution in [3.05, 3.63) is 41.0 Å². The normalized spacial score (nSPS) is 33.5. The van der Waals surface area contributed by atoms with E-state index in [0.29, 0.717) is 5.92 Å². The molecule has 4 rings (SSSR count). The van der Waals surface area contributed by atoms with Gasteiger partial charge in [-0.1, -0.05) is 50.6 Å². The molecule has 0 aromatic heterocycles. The summed E-state index contributed by atoms with van der Waals surface area (Å²) in [6.45, 7) is 6.32. The number of rotatable bonds is 0. The van der Waals surface area contributed by atoms with Gasteiger partial charge in [0.25, 0.3) is 0 Å². The Morgan fingerprint density at radius 1 is 1.05 bits per heavy atom. The summed E-state index contributed by atoms with van der Waals surface area (Å²) in [7, 11) is 0. The summed E-state index contributed by atoms with van der Waals surface area (Å²) < 4.78 is 0. The SMILES string of the molecule is CC.C[C@@]12CCC3=C(CCc4ccccc43)[C@H]1CC[C@@H]2O. The van der Waals surface area contributed by atoms with Crippen molar-refractivity contribution in [1.82, 2.24) is 0 Å². The zero-order chi connectivity index (χ0) is 15.0. The highest BCUT2D eigenvalue weighted by molar-refractivity contribution is 5.74. The third-order valence-corrected chi connectivity index (χ3v) is 6.01. The third kappa shape index (κ3) is 2.17. The average Bonchev–Trinajstić information content (AvgIpc) is 2.85. The molecule has 0 bridgehead atoms. The first-order valence-electron chi connectivity index (χ1n) is 8.68. The zero-order valence-electron chi connectivity index (χ0n) is 13.7. The number of hydrogen-bond acceptors (Lipinski definition) is 1. The fourth-order valence-electron chi connectivity index (χ4n) is 4.83. The molecule has 114 valence electrons. The van der Waals surface area contributed by atoms with Crippen LogP contribution in [0.3, 0.4) is 0 Å². The number of benzene rings is 1. The maximum absolute atomic E-state index is 10.3. The average molecular weight is 284 g/mol. The number of hydrogen-bond donors (Lipinski definition) is 1. The molecule has 1 fully saturated rings. The van der Waals surface area contributed by atoms with Crippen LogP contribution in [0, 0.1) is 11.3 Å². The van der Waals surface area contributed by atoms with E-state index in [9.17, 15) is 5.11 Å². The smallest absolute Gasteiger partial charge is 0.0599 e. The molecule has 1 heteroatoms. The molecule has 1 aromatic carbocycles. The van der Waals surface area contributed by atoms with Gasteiger partial charge in [0, 0.05) is 5.41 Å². The van der Waals surface area contributed by atoms with E-state index in [-0.39, 0.29) is 11.5 Å². The summed E-state index contributed by atoms with van der Waals surface area (Å²) in [5, 5.41) is 10.3. The quantitative estimate of drug-likeness (QED) is 0.712. The molecule has 21 heavy (non-hydrogen) atoms. The Morgan fingerprint density at radius 3 is 2.62 bits per heavy atom. The van der Waals surface area contributed by atoms with E-state index in [2.05, 4.69) is 31.2 Å². The minimum absolute atomic E-state index is 0.0799. The van der Waals surface area contributed by atoms with Crippen molar-refractivity contribution in [2.75, 3.05) is 0 Å². The summed E-state index contributed by atoms with van der Waals surface area (Å²) in [6, 6.07) is 8.93. The van der Waals surface area contributed by atoms with E-state index in [1.165, 1.54) is 30.4 Å². The van der Waals surface area contributed by atoms with E-state index >= 15 is 0 Å². The van der Waals surface area contributed by atoms with Crippen LogP contribution in [0.15, 0.2) is 29.8 Å². The fourth-order valence-corrected chi connectivity index (χ4v) is 4.83. The summed E-state index contributed by atoms with van der Waals surface area (Å²) in [5.41, 5.74) is 6.50. The van der Waals surface area contributed by atoms with Gasteiger partial charge in [-0.2, -0.15) is 0 Å². The third-order valence-electron chi connectivity index (χ3n) is 6.01. The van der Waals surface area contributed by atoms with Gasteiger partial charge in [0.05, 0.1) is 6.10 Å². The maximum atomic E-state index is 10.3. The maximum Gasteiger partial charge on any atom is 0.0599 e. The molecule has 0 heterocycles. The molecule has 1 nitrogen and oxygen atoms in total. The first-order chi connectivity index (χ1) is 10.2. The van der Waals surface area contributed by atoms with Crippen LogP contribution in [0.2, 0.25) is 0 Å². The molecule has 1 saturated carbocycles. The molecular formula is C20H28O. The number of fused-ring (bicyclic) bond motifs is 4. The molecule has 3 aliphatic carbocycles. The van der Waals surface area contributed by atoms with Gasteiger partial charge in [-0.15, -0.1) is 0 Å². The lowest BCUT2D eigenvalue weighted by atomic mass is 9.62. The van der Waals surface area contributed by atoms with Crippen LogP contribution in [-0.4, -0.2) is 11.2 Å². The van der Waals surface area contributed by atoms with Crippen molar-refractivity contribution in [3.8, 4) is 0 Å². The predicted octanol–water partition coefficient (Wildman–Crippen LogP) is 4.98. The molecule has 0 radical (unpaired) electrons. The number of allylic oxidation sites excluding steroid dienone is 2. The Morgan fingerprint density at radius 2 is 1.81 bits per heavy atom. The van der Waals surface area contributed by atoms with E-state index in [4.69, 9.17) is 0 Å². The topological polar surface area (TPSA) is 20.2 Å². The predicted molar refractivity (Wildman–Crippen MR) is 89.1 cm³/mol. The van der Waals surface area contributed by atoms with Gasteiger partial charge >= 0.3 is 0 Å². The van der Waals surface area contributed by atoms with Gasteiger partial charge in [-0.25, -0.2) is 0 Å². The molecule has 3 aliphatic rings. The van der Waals surface area contributed by atoms with Crippen LogP contribution in [-0.2, 0) is 6.42 Å². The van der Waals surface area contributed by atoms with Gasteiger partial charge in [0.15, 0.2) is 0 Å². The van der Waals surface area contributed by atoms with Gasteiger partial charge in [0.1, 0.15) is 0 Å². The van der Waals surface area contributed by atoms with Crippen molar-refractivity contribution in [2.45, 2.75) is 65.4 Å². The highest BCUT2D eigenvalue weighted by atomic mass is 16.3. The van der Waals surface area contributed by atoms with E-state index in [1.54, 1.807) is 11.1 Å². The highest BCUT2D eigenvalue weighted by Crippen LogP contribution is 2.57. The lowest BCUT2D eigenvalue weighted by Gasteiger charge is -2.43. The molecule has 1 N–H and O–H groups in total. The summed E-state index contributed by atoms with van der Waals surface area (Å²) in [5.74, 6) is 0.639. The Hall–Kier alpha value is -1.08. The Bertz CT molecular complexity index is 557. The molecule has 0 spiro atoms. The summed E-state index contributed by atoms with van der Waals surface area (Å²) in [4.78, 5) is 0. The van der Waals surface area contributed by atoms with Crippen molar-refractivity contribution >= 4 is 5.57 Å². The Kier molecular flexibility index (Phi) is 3.96. The minimum atomic E-state index is -0.0799. The lowest BCUT2D eigenvalue weighted by molar-refractivity contribution is 0.0379. The number of aryl methyl sites for hydroxylation is 1. The van der Waals surface area contributed by atoms with Crippen molar-refractivity contribution < 1.29 is 5.11 Å². The second-order valence-electron chi connectivity index (χ2n) is 6.81. The first kappa shape index (κ1) is 14.8. The lowest BCUT2D eigenvalue weighted by Crippen LogP contribution is -2.37. The van der Waals surface area contributed by atoms with E-state index < -0.39 is 0 Å². The molecule has 3 atom stereocenters. The van der Waals surface area contributed by atoms with Gasteiger partial charge in [-0.3, -0.25) is 0 Å². The number of aliphatic hydroxyl groups excluding tert-OH is 1. The molecule has 0 aliphatic heterocycles. The second-order valence-corrected chi connectivity index (χ2v) is 6.81. The summed E-state index contributed by atoms with van der Waals surface area (Å²) in [6.07, 6.45) is 6.85. The van der Waals surface area contributed by atoms with Crippen LogP contribution in [0.4, 0.5) is 0 Å². The highest BCUT2D eigenvalue weighted by Gasteiger charge is 2.50. The molecule has 0 unspecified atom stereocenters. The monoisotopic (exact) mass is 284 g/mol. The summed E-state index contributed by atoms with van der Waals surface area (Å²) >= 11 is 0. The van der Waals surface area contributed by atoms with Crippen molar-refractivity contribution in [1.29, 1.82) is 0 Å². The van der Waals surface area contributed by atoms with Gasteiger partial charge < -0.3 is 5.11 Å². The first-order valence-corrected chi connectivity index (χ1v) is 8.68. The molecule has 0 saturated heterocycles. The molecule has 1 aromatic rings. The molecular weight excluding hydrogens is 256 g/mol. The van der Waals surface area contributed by atoms with Crippen LogP contribution >= 0.6 is 0 Å². The number of aliphatic hydroxyl groups is 1. The van der Waals surface area contributed by atoms with Gasteiger partial charge in [-0.05, 0) is 61.1 Å². The minimum Gasteiger partial charge on any atom is -0.393 e. The second kappa shape index (κ2) is 5.61. The van der Waals surface area contributed by atoms with Crippen LogP contribution < -0.4 is 0 Å². The van der Waals surface area contributed by atoms with Crippen LogP contribution in [0.1, 0.15) is 64.0 Å². The standard InChI is InChI=1S/C18H22O.C2H6/c1-18-11-10-14-13-5-3-2-4-12(13)6-7-15(14)16(18)8-9-17(18)19;1-2/h2-5,16-17,19H,6-11H2,1H3;1-2H3/t16-,17+,18-;/m1./s1. The van der Waals surface area contributed by atoms with Crippen LogP contribution in [0.25, 0.3) is 5.57 Å². The van der Waals surface area contributed by atoms with Crippen molar-refractivity contribution in [3.63, 3.8) is 0 Å². The van der Waals surface area contributed by atoms with E-state index in [1.807, 2.05) is 13.8 Å². The molecule has 0 amide bonds. The van der Waals surface area contributed by atoms with Gasteiger partial charge in [0.2, 0.25) is 0 Å². The Labute approximate surface area is 129 Å². The Balaban J connectivity index is 0.000000636. The largest absolute Gasteiger partial charge is 0.393 e. The zero-order valence-corrected chi connectivity index (χ0v) is 13.7. The fraction of sp³-hybridized carbons (Fsp3) is 0.600.